The maximum absolute atomic E-state index is 9.24. The molecule has 1 aromatic rings. The average Bonchev–Trinajstić information content (AvgIpc) is 2.40. The fourth-order valence-electron chi connectivity index (χ4n) is 3.00. The van der Waals surface area contributed by atoms with Gasteiger partial charge < -0.3 is 15.7 Å². The highest BCUT2D eigenvalue weighted by Crippen LogP contribution is 2.32. The predicted octanol–water partition coefficient (Wildman–Crippen LogP) is 2.02. The van der Waals surface area contributed by atoms with Gasteiger partial charge in [0.1, 0.15) is 5.84 Å². The molecule has 0 aromatic heterocycles. The molecule has 4 heteroatoms. The Kier molecular flexibility index (Phi) is 4.43. The third-order valence-electron chi connectivity index (χ3n) is 3.90. The summed E-state index contributed by atoms with van der Waals surface area (Å²) in [5.74, 6) is 0.118. The molecule has 0 amide bonds. The Morgan fingerprint density at radius 2 is 2.26 bits per heavy atom. The fourth-order valence-corrected chi connectivity index (χ4v) is 3.00. The lowest BCUT2D eigenvalue weighted by atomic mass is 9.96. The smallest absolute Gasteiger partial charge is 0.124 e. The molecule has 4 N–H and O–H groups in total. The van der Waals surface area contributed by atoms with E-state index in [0.717, 1.165) is 42.6 Å². The molecule has 1 saturated heterocycles. The van der Waals surface area contributed by atoms with Crippen LogP contribution in [0.1, 0.15) is 36.8 Å². The van der Waals surface area contributed by atoms with Crippen LogP contribution >= 0.6 is 0 Å². The zero-order chi connectivity index (χ0) is 13.8. The van der Waals surface area contributed by atoms with Crippen LogP contribution in [-0.2, 0) is 0 Å². The Hall–Kier alpha value is -1.55. The van der Waals surface area contributed by atoms with Crippen molar-refractivity contribution in [1.82, 2.24) is 0 Å². The first-order chi connectivity index (χ1) is 9.15. The van der Waals surface area contributed by atoms with Crippen molar-refractivity contribution in [3.8, 4) is 0 Å². The number of para-hydroxylation sites is 1. The van der Waals surface area contributed by atoms with E-state index in [-0.39, 0.29) is 12.4 Å². The van der Waals surface area contributed by atoms with E-state index in [9.17, 15) is 5.11 Å². The van der Waals surface area contributed by atoms with Crippen molar-refractivity contribution >= 4 is 11.5 Å². The van der Waals surface area contributed by atoms with Crippen molar-refractivity contribution < 1.29 is 5.11 Å². The molecule has 0 aliphatic carbocycles. The minimum Gasteiger partial charge on any atom is -0.396 e. The van der Waals surface area contributed by atoms with Crippen molar-refractivity contribution in [2.75, 3.05) is 18.1 Å². The first-order valence-corrected chi connectivity index (χ1v) is 6.96. The molecular weight excluding hydrogens is 238 g/mol. The summed E-state index contributed by atoms with van der Waals surface area (Å²) >= 11 is 0. The number of rotatable bonds is 4. The maximum atomic E-state index is 9.24. The first-order valence-electron chi connectivity index (χ1n) is 6.96. The molecule has 4 nitrogen and oxygen atoms in total. The largest absolute Gasteiger partial charge is 0.396 e. The number of nitrogens with one attached hydrogen (secondary N) is 1. The Balaban J connectivity index is 2.40. The van der Waals surface area contributed by atoms with Gasteiger partial charge in [-0.2, -0.15) is 0 Å². The standard InChI is InChI=1S/C15H23N3O/c1-11-5-4-7-13(15(16)17)14(11)18-9-3-2-6-12(18)8-10-19/h4-5,7,12,19H,2-3,6,8-10H2,1H3,(H3,16,17). The third kappa shape index (κ3) is 2.89. The minimum atomic E-state index is 0.118. The molecule has 104 valence electrons. The number of benzene rings is 1. The van der Waals surface area contributed by atoms with Crippen molar-refractivity contribution in [2.45, 2.75) is 38.6 Å². The van der Waals surface area contributed by atoms with Crippen LogP contribution in [0.15, 0.2) is 18.2 Å². The molecule has 19 heavy (non-hydrogen) atoms. The number of nitrogen functional groups attached to an aromatic ring is 1. The van der Waals surface area contributed by atoms with Crippen LogP contribution in [0, 0.1) is 12.3 Å². The van der Waals surface area contributed by atoms with Gasteiger partial charge in [-0.1, -0.05) is 12.1 Å². The topological polar surface area (TPSA) is 73.3 Å². The summed E-state index contributed by atoms with van der Waals surface area (Å²) in [4.78, 5) is 2.34. The lowest BCUT2D eigenvalue weighted by Gasteiger charge is -2.39. The van der Waals surface area contributed by atoms with Gasteiger partial charge in [-0.3, -0.25) is 5.41 Å². The van der Waals surface area contributed by atoms with Crippen LogP contribution in [-0.4, -0.2) is 30.1 Å². The van der Waals surface area contributed by atoms with Crippen molar-refractivity contribution in [2.24, 2.45) is 5.73 Å². The summed E-state index contributed by atoms with van der Waals surface area (Å²) < 4.78 is 0. The number of aryl methyl sites for hydroxylation is 1. The molecule has 1 unspecified atom stereocenters. The molecule has 0 saturated carbocycles. The number of aliphatic hydroxyl groups is 1. The summed E-state index contributed by atoms with van der Waals surface area (Å²) in [5, 5.41) is 17.0. The quantitative estimate of drug-likeness (QED) is 0.573. The number of piperidine rings is 1. The van der Waals surface area contributed by atoms with Crippen LogP contribution in [0.2, 0.25) is 0 Å². The second-order valence-corrected chi connectivity index (χ2v) is 5.24. The van der Waals surface area contributed by atoms with Crippen LogP contribution in [0.5, 0.6) is 0 Å². The molecule has 1 atom stereocenters. The van der Waals surface area contributed by atoms with Gasteiger partial charge in [-0.15, -0.1) is 0 Å². The predicted molar refractivity (Wildman–Crippen MR) is 78.9 cm³/mol. The lowest BCUT2D eigenvalue weighted by molar-refractivity contribution is 0.262. The maximum Gasteiger partial charge on any atom is 0.124 e. The lowest BCUT2D eigenvalue weighted by Crippen LogP contribution is -2.41. The molecule has 1 aromatic carbocycles. The number of aliphatic hydroxyl groups excluding tert-OH is 1. The van der Waals surface area contributed by atoms with E-state index >= 15 is 0 Å². The van der Waals surface area contributed by atoms with Crippen molar-refractivity contribution in [3.05, 3.63) is 29.3 Å². The second-order valence-electron chi connectivity index (χ2n) is 5.24. The Bertz CT molecular complexity index is 457. The molecule has 0 bridgehead atoms. The second kappa shape index (κ2) is 6.06. The monoisotopic (exact) mass is 261 g/mol. The number of anilines is 1. The van der Waals surface area contributed by atoms with Gasteiger partial charge in [-0.25, -0.2) is 0 Å². The molecule has 1 aliphatic rings. The normalized spacial score (nSPS) is 19.5. The number of nitrogens with zero attached hydrogens (tertiary/aromatic N) is 1. The number of hydrogen-bond donors (Lipinski definition) is 3. The van der Waals surface area contributed by atoms with E-state index in [1.165, 1.54) is 6.42 Å². The van der Waals surface area contributed by atoms with E-state index in [1.807, 2.05) is 12.1 Å². The summed E-state index contributed by atoms with van der Waals surface area (Å²) in [5.41, 5.74) is 8.75. The van der Waals surface area contributed by atoms with Gasteiger partial charge in [0.2, 0.25) is 0 Å². The number of nitrogens with two attached hydrogens (primary N) is 1. The van der Waals surface area contributed by atoms with Crippen molar-refractivity contribution in [3.63, 3.8) is 0 Å². The van der Waals surface area contributed by atoms with E-state index in [0.29, 0.717) is 6.04 Å². The summed E-state index contributed by atoms with van der Waals surface area (Å²) in [6.07, 6.45) is 4.26. The number of hydrogen-bond acceptors (Lipinski definition) is 3. The third-order valence-corrected chi connectivity index (χ3v) is 3.90. The van der Waals surface area contributed by atoms with Gasteiger partial charge in [0, 0.05) is 24.8 Å². The average molecular weight is 261 g/mol. The molecule has 2 rings (SSSR count). The van der Waals surface area contributed by atoms with E-state index < -0.39 is 0 Å². The summed E-state index contributed by atoms with van der Waals surface area (Å²) in [6.45, 7) is 3.25. The van der Waals surface area contributed by atoms with E-state index in [4.69, 9.17) is 11.1 Å². The SMILES string of the molecule is Cc1cccc(C(=N)N)c1N1CCCCC1CCO. The Morgan fingerprint density at radius 3 is 2.95 bits per heavy atom. The first kappa shape index (κ1) is 13.9. The highest BCUT2D eigenvalue weighted by molar-refractivity contribution is 6.01. The van der Waals surface area contributed by atoms with Crippen LogP contribution in [0.4, 0.5) is 5.69 Å². The van der Waals surface area contributed by atoms with Gasteiger partial charge in [-0.05, 0) is 44.2 Å². The molecule has 0 radical (unpaired) electrons. The van der Waals surface area contributed by atoms with Crippen LogP contribution < -0.4 is 10.6 Å². The molecule has 1 heterocycles. The minimum absolute atomic E-state index is 0.118. The Labute approximate surface area is 114 Å². The molecule has 1 fully saturated rings. The highest BCUT2D eigenvalue weighted by Gasteiger charge is 2.25. The zero-order valence-electron chi connectivity index (χ0n) is 11.5. The summed E-state index contributed by atoms with van der Waals surface area (Å²) in [7, 11) is 0. The zero-order valence-corrected chi connectivity index (χ0v) is 11.5. The summed E-state index contributed by atoms with van der Waals surface area (Å²) in [6, 6.07) is 6.28. The van der Waals surface area contributed by atoms with Gasteiger partial charge >= 0.3 is 0 Å². The molecule has 1 aliphatic heterocycles. The molecular formula is C15H23N3O. The highest BCUT2D eigenvalue weighted by atomic mass is 16.3. The van der Waals surface area contributed by atoms with Crippen LogP contribution in [0.25, 0.3) is 0 Å². The van der Waals surface area contributed by atoms with Crippen molar-refractivity contribution in [1.29, 1.82) is 5.41 Å². The van der Waals surface area contributed by atoms with Gasteiger partial charge in [0.25, 0.3) is 0 Å². The van der Waals surface area contributed by atoms with E-state index in [2.05, 4.69) is 17.9 Å². The number of amidine groups is 1. The van der Waals surface area contributed by atoms with Gasteiger partial charge in [0.15, 0.2) is 0 Å². The Morgan fingerprint density at radius 1 is 1.47 bits per heavy atom. The van der Waals surface area contributed by atoms with E-state index in [1.54, 1.807) is 0 Å². The van der Waals surface area contributed by atoms with Crippen LogP contribution in [0.3, 0.4) is 0 Å². The van der Waals surface area contributed by atoms with Gasteiger partial charge in [0.05, 0.1) is 5.69 Å². The molecule has 0 spiro atoms. The fraction of sp³-hybridized carbons (Fsp3) is 0.533.